The smallest absolute Gasteiger partial charge is 0.115 e. The maximum atomic E-state index is 5.55. The van der Waals surface area contributed by atoms with Gasteiger partial charge in [0.05, 0.1) is 6.61 Å². The van der Waals surface area contributed by atoms with Crippen molar-refractivity contribution in [2.24, 2.45) is 5.92 Å². The zero-order chi connectivity index (χ0) is 11.8. The molecule has 0 saturated carbocycles. The van der Waals surface area contributed by atoms with Crippen LogP contribution in [0.1, 0.15) is 26.3 Å². The first kappa shape index (κ1) is 16.3. The van der Waals surface area contributed by atoms with Crippen LogP contribution in [0.25, 0.3) is 0 Å². The molecule has 0 bridgehead atoms. The number of halogens is 1. The summed E-state index contributed by atoms with van der Waals surface area (Å²) in [5.74, 6) is 0.592. The number of rotatable bonds is 7. The third-order valence-corrected chi connectivity index (χ3v) is 2.09. The molecular weight excluding hydrogens is 238 g/mol. The van der Waals surface area contributed by atoms with Gasteiger partial charge in [0.1, 0.15) is 6.33 Å². The van der Waals surface area contributed by atoms with Crippen LogP contribution in [0.4, 0.5) is 0 Å². The van der Waals surface area contributed by atoms with Crippen LogP contribution in [0.15, 0.2) is 18.7 Å². The molecule has 1 aromatic heterocycles. The lowest BCUT2D eigenvalue weighted by molar-refractivity contribution is 0.0935. The molecule has 1 N–H and O–H groups in total. The Bertz CT molecular complexity index is 282. The van der Waals surface area contributed by atoms with Crippen molar-refractivity contribution in [2.45, 2.75) is 33.4 Å². The highest BCUT2D eigenvalue weighted by molar-refractivity contribution is 5.85. The summed E-state index contributed by atoms with van der Waals surface area (Å²) >= 11 is 0. The summed E-state index contributed by atoms with van der Waals surface area (Å²) in [5.41, 5.74) is 1.10. The van der Waals surface area contributed by atoms with Gasteiger partial charge in [0, 0.05) is 37.2 Å². The average molecular weight is 260 g/mol. The van der Waals surface area contributed by atoms with E-state index in [2.05, 4.69) is 36.1 Å². The lowest BCUT2D eigenvalue weighted by atomic mass is 10.2. The second-order valence-electron chi connectivity index (χ2n) is 4.46. The van der Waals surface area contributed by atoms with Gasteiger partial charge in [0.25, 0.3) is 0 Å². The van der Waals surface area contributed by atoms with E-state index in [9.17, 15) is 0 Å². The lowest BCUT2D eigenvalue weighted by Crippen LogP contribution is -2.30. The number of nitrogens with one attached hydrogen (secondary N) is 1. The Kier molecular flexibility index (Phi) is 8.94. The monoisotopic (exact) mass is 259 g/mol. The summed E-state index contributed by atoms with van der Waals surface area (Å²) in [7, 11) is 0. The Balaban J connectivity index is 0.00000256. The van der Waals surface area contributed by atoms with Crippen LogP contribution in [-0.2, 0) is 11.3 Å². The van der Waals surface area contributed by atoms with Crippen LogP contribution in [0.2, 0.25) is 0 Å². The third-order valence-electron chi connectivity index (χ3n) is 2.09. The molecular formula is C12H22ClN3O. The molecule has 0 amide bonds. The van der Waals surface area contributed by atoms with E-state index in [0.29, 0.717) is 12.0 Å². The maximum absolute atomic E-state index is 5.55. The van der Waals surface area contributed by atoms with Crippen molar-refractivity contribution in [3.8, 4) is 0 Å². The van der Waals surface area contributed by atoms with Crippen molar-refractivity contribution in [1.82, 2.24) is 15.3 Å². The molecule has 4 nitrogen and oxygen atoms in total. The van der Waals surface area contributed by atoms with Gasteiger partial charge >= 0.3 is 0 Å². The van der Waals surface area contributed by atoms with Gasteiger partial charge in [-0.05, 0) is 12.8 Å². The lowest BCUT2D eigenvalue weighted by Gasteiger charge is -2.14. The minimum atomic E-state index is 0. The fourth-order valence-electron chi connectivity index (χ4n) is 1.25. The summed E-state index contributed by atoms with van der Waals surface area (Å²) in [6.45, 7) is 8.77. The summed E-state index contributed by atoms with van der Waals surface area (Å²) in [4.78, 5) is 7.93. The topological polar surface area (TPSA) is 47.0 Å². The van der Waals surface area contributed by atoms with E-state index in [1.165, 1.54) is 0 Å². The van der Waals surface area contributed by atoms with Gasteiger partial charge in [-0.3, -0.25) is 0 Å². The van der Waals surface area contributed by atoms with Crippen molar-refractivity contribution >= 4 is 12.4 Å². The van der Waals surface area contributed by atoms with Gasteiger partial charge in [0.15, 0.2) is 0 Å². The van der Waals surface area contributed by atoms with Crippen molar-refractivity contribution in [3.05, 3.63) is 24.3 Å². The predicted octanol–water partition coefficient (Wildman–Crippen LogP) is 2.05. The van der Waals surface area contributed by atoms with Gasteiger partial charge in [-0.25, -0.2) is 9.97 Å². The fraction of sp³-hybridized carbons (Fsp3) is 0.667. The van der Waals surface area contributed by atoms with Gasteiger partial charge < -0.3 is 10.1 Å². The zero-order valence-electron chi connectivity index (χ0n) is 10.7. The second kappa shape index (κ2) is 9.33. The van der Waals surface area contributed by atoms with E-state index in [1.54, 1.807) is 6.33 Å². The molecule has 98 valence electrons. The molecule has 0 spiro atoms. The molecule has 0 aliphatic heterocycles. The van der Waals surface area contributed by atoms with Gasteiger partial charge in [-0.1, -0.05) is 13.8 Å². The largest absolute Gasteiger partial charge is 0.380 e. The van der Waals surface area contributed by atoms with Crippen molar-refractivity contribution in [1.29, 1.82) is 0 Å². The average Bonchev–Trinajstić information content (AvgIpc) is 2.27. The molecule has 1 rings (SSSR count). The molecule has 17 heavy (non-hydrogen) atoms. The normalized spacial score (nSPS) is 12.2. The Labute approximate surface area is 110 Å². The van der Waals surface area contributed by atoms with E-state index in [4.69, 9.17) is 4.74 Å². The summed E-state index contributed by atoms with van der Waals surface area (Å²) in [6.07, 6.45) is 5.18. The number of ether oxygens (including phenoxy) is 1. The Morgan fingerprint density at radius 2 is 1.82 bits per heavy atom. The highest BCUT2D eigenvalue weighted by atomic mass is 35.5. The van der Waals surface area contributed by atoms with Crippen LogP contribution < -0.4 is 5.32 Å². The highest BCUT2D eigenvalue weighted by Crippen LogP contribution is 1.96. The molecule has 5 heteroatoms. The first-order valence-electron chi connectivity index (χ1n) is 5.73. The van der Waals surface area contributed by atoms with Crippen molar-refractivity contribution in [3.63, 3.8) is 0 Å². The minimum Gasteiger partial charge on any atom is -0.380 e. The van der Waals surface area contributed by atoms with E-state index < -0.39 is 0 Å². The van der Waals surface area contributed by atoms with Crippen LogP contribution in [-0.4, -0.2) is 29.2 Å². The number of hydrogen-bond acceptors (Lipinski definition) is 4. The molecule has 0 aliphatic carbocycles. The van der Waals surface area contributed by atoms with Crippen molar-refractivity contribution < 1.29 is 4.74 Å². The quantitative estimate of drug-likeness (QED) is 0.814. The first-order chi connectivity index (χ1) is 7.68. The summed E-state index contributed by atoms with van der Waals surface area (Å²) < 4.78 is 5.55. The minimum absolute atomic E-state index is 0. The SMILES string of the molecule is CC(C)COCC(C)NCc1cncnc1.Cl. The Morgan fingerprint density at radius 3 is 2.41 bits per heavy atom. The van der Waals surface area contributed by atoms with E-state index in [1.807, 2.05) is 12.4 Å². The van der Waals surface area contributed by atoms with Gasteiger partial charge in [-0.15, -0.1) is 12.4 Å². The van der Waals surface area contributed by atoms with Crippen LogP contribution in [0, 0.1) is 5.92 Å². The highest BCUT2D eigenvalue weighted by Gasteiger charge is 2.02. The first-order valence-corrected chi connectivity index (χ1v) is 5.73. The molecule has 1 heterocycles. The molecule has 0 fully saturated rings. The molecule has 1 aromatic rings. The summed E-state index contributed by atoms with van der Waals surface area (Å²) in [6, 6.07) is 0.346. The molecule has 0 radical (unpaired) electrons. The molecule has 0 aromatic carbocycles. The molecule has 1 atom stereocenters. The zero-order valence-corrected chi connectivity index (χ0v) is 11.5. The van der Waals surface area contributed by atoms with E-state index in [-0.39, 0.29) is 12.4 Å². The number of nitrogens with zero attached hydrogens (tertiary/aromatic N) is 2. The number of aromatic nitrogens is 2. The second-order valence-corrected chi connectivity index (χ2v) is 4.46. The molecule has 0 aliphatic rings. The number of hydrogen-bond donors (Lipinski definition) is 1. The Hall–Kier alpha value is -0.710. The summed E-state index contributed by atoms with van der Waals surface area (Å²) in [5, 5.41) is 3.37. The van der Waals surface area contributed by atoms with Crippen molar-refractivity contribution in [2.75, 3.05) is 13.2 Å². The Morgan fingerprint density at radius 1 is 1.18 bits per heavy atom. The fourth-order valence-corrected chi connectivity index (χ4v) is 1.25. The van der Waals surface area contributed by atoms with Gasteiger partial charge in [-0.2, -0.15) is 0 Å². The van der Waals surface area contributed by atoms with Crippen LogP contribution in [0.5, 0.6) is 0 Å². The molecule has 1 unspecified atom stereocenters. The van der Waals surface area contributed by atoms with Gasteiger partial charge in [0.2, 0.25) is 0 Å². The third kappa shape index (κ3) is 8.07. The standard InChI is InChI=1S/C12H21N3O.ClH/c1-10(2)7-16-8-11(3)15-6-12-4-13-9-14-5-12;/h4-5,9-11,15H,6-8H2,1-3H3;1H. The molecule has 0 saturated heterocycles. The van der Waals surface area contributed by atoms with E-state index >= 15 is 0 Å². The van der Waals surface area contributed by atoms with E-state index in [0.717, 1.165) is 25.3 Å². The van der Waals surface area contributed by atoms with Crippen LogP contribution >= 0.6 is 12.4 Å². The maximum Gasteiger partial charge on any atom is 0.115 e. The predicted molar refractivity (Wildman–Crippen MR) is 71.2 cm³/mol. The van der Waals surface area contributed by atoms with Crippen LogP contribution in [0.3, 0.4) is 0 Å².